The van der Waals surface area contributed by atoms with E-state index in [4.69, 9.17) is 9.47 Å². The summed E-state index contributed by atoms with van der Waals surface area (Å²) in [6, 6.07) is 19.9. The monoisotopic (exact) mass is 1050 g/mol. The molecule has 2 aliphatic heterocycles. The lowest BCUT2D eigenvalue weighted by molar-refractivity contribution is -0.140. The molecule has 408 valence electrons. The number of aliphatic hydroxyl groups is 1. The van der Waals surface area contributed by atoms with Crippen LogP contribution in [-0.4, -0.2) is 122 Å². The van der Waals surface area contributed by atoms with Crippen LogP contribution in [0.3, 0.4) is 0 Å². The van der Waals surface area contributed by atoms with Gasteiger partial charge in [-0.2, -0.15) is 13.2 Å². The van der Waals surface area contributed by atoms with Gasteiger partial charge in [0.25, 0.3) is 5.91 Å². The summed E-state index contributed by atoms with van der Waals surface area (Å²) in [5, 5.41) is 25.7. The number of fused-ring (bicyclic) bond motifs is 2. The van der Waals surface area contributed by atoms with Gasteiger partial charge in [-0.1, -0.05) is 57.2 Å². The second-order valence-electron chi connectivity index (χ2n) is 20.0. The first-order valence-corrected chi connectivity index (χ1v) is 26.1. The van der Waals surface area contributed by atoms with Crippen LogP contribution in [0, 0.1) is 17.8 Å². The van der Waals surface area contributed by atoms with E-state index in [-0.39, 0.29) is 61.7 Å². The van der Waals surface area contributed by atoms with Gasteiger partial charge in [0.15, 0.2) is 0 Å². The zero-order chi connectivity index (χ0) is 54.4. The average molecular weight is 1050 g/mol. The Morgan fingerprint density at radius 2 is 1.78 bits per heavy atom. The maximum Gasteiger partial charge on any atom is 0.406 e. The summed E-state index contributed by atoms with van der Waals surface area (Å²) in [4.78, 5) is 47.0. The molecule has 6 N–H and O–H groups in total. The van der Waals surface area contributed by atoms with Crippen molar-refractivity contribution in [1.82, 2.24) is 30.4 Å². The summed E-state index contributed by atoms with van der Waals surface area (Å²) >= 11 is 0. The van der Waals surface area contributed by atoms with Crippen LogP contribution < -0.4 is 41.0 Å². The fraction of sp³-hybridized carbons (Fsp3) is 0.474. The van der Waals surface area contributed by atoms with Crippen LogP contribution >= 0.6 is 0 Å². The number of amides is 3. The van der Waals surface area contributed by atoms with Gasteiger partial charge in [-0.15, -0.1) is 0 Å². The molecular formula is C57H71F4N9O6. The molecule has 5 aromatic rings. The van der Waals surface area contributed by atoms with Gasteiger partial charge in [0.1, 0.15) is 36.9 Å². The van der Waals surface area contributed by atoms with Crippen LogP contribution in [0.2, 0.25) is 0 Å². The molecule has 2 aromatic heterocycles. The molecule has 0 aliphatic carbocycles. The SMILES string of the molecule is COc1cc(C(=O)NCCCCCCCC(=O)NCc2ccc(COc3ccc4c(c3)N(C)[C@H](C(C)C)C(=O)N[C@@H](CO)C4)nc2)ccc1NCC#Cc1cc2c(N[C@@H]3CCN(C)C[C@@H]3F)cccc2n1CC(F)(F)F. The normalized spacial score (nSPS) is 17.9. The molecule has 2 aliphatic rings. The smallest absolute Gasteiger partial charge is 0.406 e. The summed E-state index contributed by atoms with van der Waals surface area (Å²) < 4.78 is 69.0. The van der Waals surface area contributed by atoms with Crippen LogP contribution in [0.5, 0.6) is 11.5 Å². The third-order valence-electron chi connectivity index (χ3n) is 13.8. The molecule has 0 unspecified atom stereocenters. The Hall–Kier alpha value is -7.04. The number of halogens is 4. The van der Waals surface area contributed by atoms with Gasteiger partial charge >= 0.3 is 6.18 Å². The van der Waals surface area contributed by atoms with E-state index >= 15 is 0 Å². The fourth-order valence-electron chi connectivity index (χ4n) is 9.79. The van der Waals surface area contributed by atoms with E-state index in [1.54, 1.807) is 48.7 Å². The average Bonchev–Trinajstić information content (AvgIpc) is 3.74. The molecule has 0 bridgehead atoms. The van der Waals surface area contributed by atoms with E-state index in [0.29, 0.717) is 78.2 Å². The molecule has 1 saturated heterocycles. The largest absolute Gasteiger partial charge is 0.495 e. The number of likely N-dealkylation sites (tertiary alicyclic amines) is 1. The number of aliphatic hydroxyl groups excluding tert-OH is 1. The Balaban J connectivity index is 0.786. The minimum Gasteiger partial charge on any atom is -0.495 e. The number of ether oxygens (including phenoxy) is 2. The lowest BCUT2D eigenvalue weighted by Gasteiger charge is -2.37. The van der Waals surface area contributed by atoms with Crippen LogP contribution in [-0.2, 0) is 35.7 Å². The number of piperidine rings is 1. The fourth-order valence-corrected chi connectivity index (χ4v) is 9.79. The first-order chi connectivity index (χ1) is 36.5. The predicted octanol–water partition coefficient (Wildman–Crippen LogP) is 7.98. The Bertz CT molecular complexity index is 2830. The van der Waals surface area contributed by atoms with Crippen molar-refractivity contribution in [2.24, 2.45) is 5.92 Å². The minimum atomic E-state index is -4.50. The number of aromatic nitrogens is 2. The second kappa shape index (κ2) is 26.6. The maximum atomic E-state index is 14.9. The first-order valence-electron chi connectivity index (χ1n) is 26.1. The highest BCUT2D eigenvalue weighted by Crippen LogP contribution is 2.34. The van der Waals surface area contributed by atoms with Crippen LogP contribution in [0.1, 0.15) is 91.7 Å². The van der Waals surface area contributed by atoms with Gasteiger partial charge in [0.05, 0.1) is 54.9 Å². The highest BCUT2D eigenvalue weighted by Gasteiger charge is 2.34. The second-order valence-corrected chi connectivity index (χ2v) is 20.0. The predicted molar refractivity (Wildman–Crippen MR) is 287 cm³/mol. The lowest BCUT2D eigenvalue weighted by Crippen LogP contribution is -2.54. The van der Waals surface area contributed by atoms with Gasteiger partial charge in [-0.3, -0.25) is 19.4 Å². The number of nitrogens with one attached hydrogen (secondary N) is 5. The van der Waals surface area contributed by atoms with E-state index in [9.17, 15) is 37.1 Å². The molecule has 3 aromatic carbocycles. The topological polar surface area (TPSA) is 174 Å². The number of hydrogen-bond acceptors (Lipinski definition) is 11. The Morgan fingerprint density at radius 1 is 0.974 bits per heavy atom. The molecule has 3 amide bonds. The lowest BCUT2D eigenvalue weighted by atomic mass is 9.95. The number of likely N-dealkylation sites (N-methyl/N-ethyl adjacent to an activating group) is 1. The number of pyridine rings is 1. The summed E-state index contributed by atoms with van der Waals surface area (Å²) in [5.74, 6) is 6.49. The van der Waals surface area contributed by atoms with E-state index in [1.165, 1.54) is 7.11 Å². The Labute approximate surface area is 442 Å². The zero-order valence-electron chi connectivity index (χ0n) is 44.0. The number of anilines is 3. The van der Waals surface area contributed by atoms with Gasteiger partial charge in [-0.25, -0.2) is 4.39 Å². The summed E-state index contributed by atoms with van der Waals surface area (Å²) in [6.45, 7) is 4.75. The number of alkyl halides is 4. The number of unbranched alkanes of at least 4 members (excludes halogenated alkanes) is 4. The van der Waals surface area contributed by atoms with Crippen molar-refractivity contribution in [2.75, 3.05) is 69.5 Å². The number of carbonyl (C=O) groups excluding carboxylic acids is 3. The van der Waals surface area contributed by atoms with Crippen molar-refractivity contribution < 1.29 is 46.5 Å². The number of hydrogen-bond donors (Lipinski definition) is 6. The molecule has 19 heteroatoms. The van der Waals surface area contributed by atoms with Crippen molar-refractivity contribution >= 4 is 45.7 Å². The molecule has 7 rings (SSSR count). The van der Waals surface area contributed by atoms with Gasteiger partial charge < -0.3 is 55.5 Å². The van der Waals surface area contributed by atoms with Crippen molar-refractivity contribution in [1.29, 1.82) is 0 Å². The summed E-state index contributed by atoms with van der Waals surface area (Å²) in [6.07, 6.45) is 1.77. The molecule has 0 spiro atoms. The number of rotatable bonds is 22. The summed E-state index contributed by atoms with van der Waals surface area (Å²) in [5.41, 5.74) is 5.52. The molecule has 1 fully saturated rings. The van der Waals surface area contributed by atoms with Crippen LogP contribution in [0.25, 0.3) is 10.9 Å². The van der Waals surface area contributed by atoms with E-state index < -0.39 is 31.0 Å². The van der Waals surface area contributed by atoms with E-state index in [2.05, 4.69) is 43.4 Å². The first kappa shape index (κ1) is 56.7. The third-order valence-corrected chi connectivity index (χ3v) is 13.8. The molecule has 0 saturated carbocycles. The molecular weight excluding hydrogens is 983 g/mol. The highest BCUT2D eigenvalue weighted by molar-refractivity contribution is 5.95. The van der Waals surface area contributed by atoms with Crippen molar-refractivity contribution in [3.8, 4) is 23.3 Å². The number of carbonyl (C=O) groups is 3. The quantitative estimate of drug-likeness (QED) is 0.0225. The van der Waals surface area contributed by atoms with Crippen LogP contribution in [0.15, 0.2) is 79.0 Å². The molecule has 4 heterocycles. The standard InChI is InChI=1S/C57H71F4N9O6/c1-37(2)54-56(74)66-42(34-71)27-39-18-21-44(30-51(39)69(54)4)76-35-41-20-17-38(31-64-41)32-65-53(72)16-9-7-6-8-10-24-63-55(73)40-19-22-49(52(28-40)75-5)62-25-12-13-43-29-45-47(67-48-23-26-68(3)33-46(48)58)14-11-15-50(45)70(43)36-57(59,60)61/h11,14-15,17-22,28-31,37,42,46,48,54,62,67,71H,6-10,16,23-27,32-36H2,1-5H3,(H,63,73)(H,65,72)(H,66,74)/t42-,46+,48-,54-/m1/s1. The van der Waals surface area contributed by atoms with Crippen molar-refractivity contribution in [3.05, 3.63) is 107 Å². The number of methoxy groups -OCH3 is 1. The maximum absolute atomic E-state index is 14.9. The number of nitrogens with zero attached hydrogens (tertiary/aromatic N) is 4. The molecule has 4 atom stereocenters. The third kappa shape index (κ3) is 15.5. The van der Waals surface area contributed by atoms with Gasteiger partial charge in [-0.05, 0) is 104 Å². The van der Waals surface area contributed by atoms with Crippen LogP contribution in [0.4, 0.5) is 34.6 Å². The van der Waals surface area contributed by atoms with E-state index in [0.717, 1.165) is 59.2 Å². The van der Waals surface area contributed by atoms with Gasteiger partial charge in [0.2, 0.25) is 11.8 Å². The van der Waals surface area contributed by atoms with Crippen molar-refractivity contribution in [2.45, 2.75) is 115 Å². The zero-order valence-corrected chi connectivity index (χ0v) is 44.0. The van der Waals surface area contributed by atoms with Crippen molar-refractivity contribution in [3.63, 3.8) is 0 Å². The number of benzene rings is 3. The minimum absolute atomic E-state index is 0.0371. The molecule has 0 radical (unpaired) electrons. The molecule has 76 heavy (non-hydrogen) atoms. The highest BCUT2D eigenvalue weighted by atomic mass is 19.4. The van der Waals surface area contributed by atoms with Gasteiger partial charge in [0, 0.05) is 74.2 Å². The summed E-state index contributed by atoms with van der Waals surface area (Å²) in [7, 11) is 5.24. The molecule has 15 nitrogen and oxygen atoms in total. The van der Waals surface area contributed by atoms with E-state index in [1.807, 2.05) is 68.1 Å². The Morgan fingerprint density at radius 3 is 2.51 bits per heavy atom. The Kier molecular flexibility index (Phi) is 19.9.